The lowest BCUT2D eigenvalue weighted by molar-refractivity contribution is 0.399. The summed E-state index contributed by atoms with van der Waals surface area (Å²) in [6.07, 6.45) is 3.32. The first-order valence-electron chi connectivity index (χ1n) is 8.43. The van der Waals surface area contributed by atoms with Crippen LogP contribution in [0.5, 0.6) is 0 Å². The molecule has 0 aliphatic carbocycles. The largest absolute Gasteiger partial charge is 0.264 e. The van der Waals surface area contributed by atoms with Gasteiger partial charge in [0.15, 0.2) is 0 Å². The molecule has 0 N–H and O–H groups in total. The minimum atomic E-state index is -3.86. The normalized spacial score (nSPS) is 11.9. The van der Waals surface area contributed by atoms with E-state index in [0.717, 1.165) is 16.7 Å². The van der Waals surface area contributed by atoms with Crippen molar-refractivity contribution in [3.05, 3.63) is 76.3 Å². The summed E-state index contributed by atoms with van der Waals surface area (Å²) in [4.78, 5) is 4.14. The van der Waals surface area contributed by atoms with Gasteiger partial charge in [-0.25, -0.2) is 8.42 Å². The van der Waals surface area contributed by atoms with Crippen LogP contribution in [0.1, 0.15) is 22.4 Å². The molecule has 0 spiro atoms. The van der Waals surface area contributed by atoms with Gasteiger partial charge >= 0.3 is 0 Å². The van der Waals surface area contributed by atoms with Crippen LogP contribution in [0.25, 0.3) is 0 Å². The second-order valence-corrected chi connectivity index (χ2v) is 8.62. The van der Waals surface area contributed by atoms with E-state index in [4.69, 9.17) is 11.6 Å². The standard InChI is InChI=1S/C19H21ClN4O2S/c1-14-7-4-5-9-17(14)13-24(12-16-8-6-10-21-11-16)27(25,26)18-15(2)22-23(3)19(18)20/h4-11H,12-13H2,1-3H3. The lowest BCUT2D eigenvalue weighted by Crippen LogP contribution is -2.31. The summed E-state index contributed by atoms with van der Waals surface area (Å²) in [6.45, 7) is 4.03. The van der Waals surface area contributed by atoms with Crippen molar-refractivity contribution in [1.82, 2.24) is 19.1 Å². The maximum Gasteiger partial charge on any atom is 0.248 e. The molecule has 6 nitrogen and oxygen atoms in total. The highest BCUT2D eigenvalue weighted by Gasteiger charge is 2.32. The van der Waals surface area contributed by atoms with Crippen LogP contribution in [-0.4, -0.2) is 27.5 Å². The van der Waals surface area contributed by atoms with Crippen LogP contribution in [0.4, 0.5) is 0 Å². The molecule has 0 atom stereocenters. The summed E-state index contributed by atoms with van der Waals surface area (Å²) in [7, 11) is -2.24. The smallest absolute Gasteiger partial charge is 0.248 e. The topological polar surface area (TPSA) is 68.1 Å². The fourth-order valence-corrected chi connectivity index (χ4v) is 5.04. The van der Waals surface area contributed by atoms with Crippen LogP contribution in [0.3, 0.4) is 0 Å². The zero-order valence-electron chi connectivity index (χ0n) is 15.4. The molecular formula is C19H21ClN4O2S. The van der Waals surface area contributed by atoms with Gasteiger partial charge in [-0.1, -0.05) is 41.9 Å². The number of nitrogens with zero attached hydrogens (tertiary/aromatic N) is 4. The van der Waals surface area contributed by atoms with Crippen molar-refractivity contribution < 1.29 is 8.42 Å². The van der Waals surface area contributed by atoms with E-state index in [-0.39, 0.29) is 23.1 Å². The Kier molecular flexibility index (Phi) is 5.64. The SMILES string of the molecule is Cc1ccccc1CN(Cc1cccnc1)S(=O)(=O)c1c(C)nn(C)c1Cl. The average molecular weight is 405 g/mol. The Labute approximate surface area is 164 Å². The highest BCUT2D eigenvalue weighted by atomic mass is 35.5. The molecule has 0 fully saturated rings. The molecule has 0 aliphatic heterocycles. The third kappa shape index (κ3) is 4.05. The Morgan fingerprint density at radius 1 is 1.11 bits per heavy atom. The monoisotopic (exact) mass is 404 g/mol. The van der Waals surface area contributed by atoms with E-state index in [2.05, 4.69) is 10.1 Å². The molecule has 0 unspecified atom stereocenters. The molecule has 2 aromatic heterocycles. The van der Waals surface area contributed by atoms with Crippen molar-refractivity contribution >= 4 is 21.6 Å². The summed E-state index contributed by atoms with van der Waals surface area (Å²) < 4.78 is 29.7. The van der Waals surface area contributed by atoms with Crippen LogP contribution < -0.4 is 0 Å². The summed E-state index contributed by atoms with van der Waals surface area (Å²) in [5.74, 6) is 0. The molecule has 0 aliphatic rings. The highest BCUT2D eigenvalue weighted by molar-refractivity contribution is 7.89. The van der Waals surface area contributed by atoms with Crippen LogP contribution in [-0.2, 0) is 30.2 Å². The summed E-state index contributed by atoms with van der Waals surface area (Å²) in [6, 6.07) is 11.4. The van der Waals surface area contributed by atoms with E-state index < -0.39 is 10.0 Å². The van der Waals surface area contributed by atoms with Gasteiger partial charge in [0.05, 0.1) is 5.69 Å². The molecule has 8 heteroatoms. The molecule has 142 valence electrons. The van der Waals surface area contributed by atoms with Crippen molar-refractivity contribution in [2.45, 2.75) is 31.8 Å². The second kappa shape index (κ2) is 7.80. The lowest BCUT2D eigenvalue weighted by atomic mass is 10.1. The van der Waals surface area contributed by atoms with Gasteiger partial charge in [-0.05, 0) is 36.6 Å². The van der Waals surface area contributed by atoms with Crippen molar-refractivity contribution in [2.75, 3.05) is 0 Å². The number of hydrogen-bond donors (Lipinski definition) is 0. The zero-order valence-corrected chi connectivity index (χ0v) is 17.0. The van der Waals surface area contributed by atoms with Gasteiger partial charge in [-0.2, -0.15) is 9.40 Å². The molecule has 0 bridgehead atoms. The van der Waals surface area contributed by atoms with Crippen LogP contribution in [0, 0.1) is 13.8 Å². The molecule has 0 saturated heterocycles. The quantitative estimate of drug-likeness (QED) is 0.630. The molecule has 0 saturated carbocycles. The van der Waals surface area contributed by atoms with Gasteiger partial charge in [0, 0.05) is 32.5 Å². The maximum absolute atomic E-state index is 13.5. The van der Waals surface area contributed by atoms with E-state index in [1.165, 1.54) is 8.99 Å². The number of halogens is 1. The number of sulfonamides is 1. The number of aromatic nitrogens is 3. The molecule has 0 amide bonds. The van der Waals surface area contributed by atoms with Gasteiger partial charge in [-0.3, -0.25) is 9.67 Å². The molecular weight excluding hydrogens is 384 g/mol. The third-order valence-electron chi connectivity index (χ3n) is 4.39. The van der Waals surface area contributed by atoms with Crippen molar-refractivity contribution in [2.24, 2.45) is 7.05 Å². The minimum absolute atomic E-state index is 0.0455. The Balaban J connectivity index is 2.06. The minimum Gasteiger partial charge on any atom is -0.264 e. The van der Waals surface area contributed by atoms with Gasteiger partial charge in [0.25, 0.3) is 0 Å². The Bertz CT molecular complexity index is 1050. The van der Waals surface area contributed by atoms with Crippen molar-refractivity contribution in [1.29, 1.82) is 0 Å². The van der Waals surface area contributed by atoms with Crippen molar-refractivity contribution in [3.63, 3.8) is 0 Å². The van der Waals surface area contributed by atoms with E-state index in [1.54, 1.807) is 32.4 Å². The fourth-order valence-electron chi connectivity index (χ4n) is 2.93. The van der Waals surface area contributed by atoms with Gasteiger partial charge < -0.3 is 0 Å². The van der Waals surface area contributed by atoms with Crippen LogP contribution in [0.15, 0.2) is 53.7 Å². The molecule has 3 aromatic rings. The first kappa shape index (κ1) is 19.5. The van der Waals surface area contributed by atoms with E-state index in [9.17, 15) is 8.42 Å². The maximum atomic E-state index is 13.5. The lowest BCUT2D eigenvalue weighted by Gasteiger charge is -2.23. The zero-order chi connectivity index (χ0) is 19.6. The van der Waals surface area contributed by atoms with Gasteiger partial charge in [0.1, 0.15) is 10.0 Å². The van der Waals surface area contributed by atoms with Crippen LogP contribution >= 0.6 is 11.6 Å². The predicted molar refractivity (Wildman–Crippen MR) is 105 cm³/mol. The van der Waals surface area contributed by atoms with E-state index in [1.807, 2.05) is 37.3 Å². The average Bonchev–Trinajstić information content (AvgIpc) is 2.89. The summed E-state index contributed by atoms with van der Waals surface area (Å²) in [5.41, 5.74) is 3.14. The number of pyridine rings is 1. The number of rotatable bonds is 6. The Morgan fingerprint density at radius 2 is 1.85 bits per heavy atom. The Hall–Kier alpha value is -2.22. The second-order valence-electron chi connectivity index (χ2n) is 6.39. The fraction of sp³-hybridized carbons (Fsp3) is 0.263. The Morgan fingerprint density at radius 3 is 2.44 bits per heavy atom. The van der Waals surface area contributed by atoms with Gasteiger partial charge in [-0.15, -0.1) is 0 Å². The number of aryl methyl sites for hydroxylation is 3. The first-order valence-corrected chi connectivity index (χ1v) is 10.2. The van der Waals surface area contributed by atoms with Crippen molar-refractivity contribution in [3.8, 4) is 0 Å². The van der Waals surface area contributed by atoms with Crippen LogP contribution in [0.2, 0.25) is 5.15 Å². The summed E-state index contributed by atoms with van der Waals surface area (Å²) >= 11 is 6.26. The molecule has 3 rings (SSSR count). The highest BCUT2D eigenvalue weighted by Crippen LogP contribution is 2.29. The predicted octanol–water partition coefficient (Wildman–Crippen LogP) is 3.48. The first-order chi connectivity index (χ1) is 12.8. The third-order valence-corrected chi connectivity index (χ3v) is 6.88. The molecule has 0 radical (unpaired) electrons. The number of hydrogen-bond acceptors (Lipinski definition) is 4. The van der Waals surface area contributed by atoms with E-state index in [0.29, 0.717) is 5.69 Å². The van der Waals surface area contributed by atoms with E-state index >= 15 is 0 Å². The number of benzene rings is 1. The molecule has 27 heavy (non-hydrogen) atoms. The molecule has 2 heterocycles. The van der Waals surface area contributed by atoms with Gasteiger partial charge in [0.2, 0.25) is 10.0 Å². The molecule has 1 aromatic carbocycles. The summed E-state index contributed by atoms with van der Waals surface area (Å²) in [5, 5.41) is 4.26.